The van der Waals surface area contributed by atoms with Gasteiger partial charge in [-0.15, -0.1) is 0 Å². The van der Waals surface area contributed by atoms with Crippen molar-refractivity contribution in [1.29, 1.82) is 0 Å². The highest BCUT2D eigenvalue weighted by atomic mass is 16.5. The highest BCUT2D eigenvalue weighted by Gasteiger charge is 2.49. The Morgan fingerprint density at radius 2 is 2.07 bits per heavy atom. The highest BCUT2D eigenvalue weighted by molar-refractivity contribution is 5.78. The predicted molar refractivity (Wildman–Crippen MR) is 100 cm³/mol. The second-order valence-corrected chi connectivity index (χ2v) is 7.60. The van der Waals surface area contributed by atoms with E-state index in [1.54, 1.807) is 13.4 Å². The van der Waals surface area contributed by atoms with Crippen LogP contribution in [0, 0.1) is 0 Å². The number of carbonyl (C=O) groups is 1. The number of fused-ring (bicyclic) bond motifs is 2. The molecule has 1 amide bonds. The molecule has 27 heavy (non-hydrogen) atoms. The molecular formula is C21H26N2O4. The van der Waals surface area contributed by atoms with Crippen LogP contribution >= 0.6 is 0 Å². The van der Waals surface area contributed by atoms with Gasteiger partial charge in [-0.05, 0) is 55.5 Å². The van der Waals surface area contributed by atoms with Gasteiger partial charge in [0, 0.05) is 18.6 Å². The van der Waals surface area contributed by atoms with Crippen molar-refractivity contribution in [3.8, 4) is 5.75 Å². The first-order chi connectivity index (χ1) is 13.1. The second-order valence-electron chi connectivity index (χ2n) is 7.60. The average molecular weight is 370 g/mol. The first-order valence-electron chi connectivity index (χ1n) is 9.49. The number of amides is 1. The van der Waals surface area contributed by atoms with Crippen molar-refractivity contribution in [3.05, 3.63) is 54.0 Å². The van der Waals surface area contributed by atoms with Crippen LogP contribution in [0.1, 0.15) is 37.0 Å². The van der Waals surface area contributed by atoms with Crippen molar-refractivity contribution >= 4 is 5.91 Å². The topological polar surface area (TPSA) is 74.9 Å². The standard InChI is InChI=1S/C21H26N2O4/c1-26-18-5-2-4-15(10-18)13-22-20(24)14-23-16-7-8-17(23)12-21(25,11-16)19-6-3-9-27-19/h2-6,9-10,16-17,25H,7-8,11-14H2,1H3,(H,22,24)/t16-,17-/m1/s1. The average Bonchev–Trinajstić information content (AvgIpc) is 3.29. The van der Waals surface area contributed by atoms with Crippen LogP contribution in [0.3, 0.4) is 0 Å². The molecule has 6 nitrogen and oxygen atoms in total. The number of piperidine rings is 1. The Labute approximate surface area is 159 Å². The van der Waals surface area contributed by atoms with E-state index in [-0.39, 0.29) is 18.0 Å². The van der Waals surface area contributed by atoms with Gasteiger partial charge in [-0.25, -0.2) is 0 Å². The van der Waals surface area contributed by atoms with Gasteiger partial charge in [0.2, 0.25) is 5.91 Å². The highest BCUT2D eigenvalue weighted by Crippen LogP contribution is 2.45. The summed E-state index contributed by atoms with van der Waals surface area (Å²) in [5, 5.41) is 14.0. The SMILES string of the molecule is COc1cccc(CNC(=O)CN2[C@@H]3CC[C@@H]2CC(O)(c2ccco2)C3)c1. The molecule has 2 bridgehead atoms. The Balaban J connectivity index is 1.34. The fourth-order valence-electron chi connectivity index (χ4n) is 4.52. The van der Waals surface area contributed by atoms with Gasteiger partial charge in [0.05, 0.1) is 19.9 Å². The molecular weight excluding hydrogens is 344 g/mol. The van der Waals surface area contributed by atoms with Crippen molar-refractivity contribution in [2.24, 2.45) is 0 Å². The lowest BCUT2D eigenvalue weighted by atomic mass is 9.84. The Morgan fingerprint density at radius 3 is 2.74 bits per heavy atom. The molecule has 0 spiro atoms. The van der Waals surface area contributed by atoms with Crippen LogP contribution in [0.4, 0.5) is 0 Å². The van der Waals surface area contributed by atoms with E-state index in [9.17, 15) is 9.90 Å². The molecule has 2 N–H and O–H groups in total. The lowest BCUT2D eigenvalue weighted by Crippen LogP contribution is -2.52. The van der Waals surface area contributed by atoms with E-state index in [1.165, 1.54) is 0 Å². The van der Waals surface area contributed by atoms with E-state index in [0.29, 0.717) is 31.7 Å². The maximum Gasteiger partial charge on any atom is 0.234 e. The third-order valence-electron chi connectivity index (χ3n) is 5.85. The molecule has 0 unspecified atom stereocenters. The van der Waals surface area contributed by atoms with Gasteiger partial charge in [0.25, 0.3) is 0 Å². The van der Waals surface area contributed by atoms with E-state index < -0.39 is 5.60 Å². The number of nitrogens with zero attached hydrogens (tertiary/aromatic N) is 1. The largest absolute Gasteiger partial charge is 0.497 e. The van der Waals surface area contributed by atoms with Gasteiger partial charge in [0.15, 0.2) is 0 Å². The number of hydrogen-bond acceptors (Lipinski definition) is 5. The zero-order valence-corrected chi connectivity index (χ0v) is 15.6. The summed E-state index contributed by atoms with van der Waals surface area (Å²) in [4.78, 5) is 14.7. The summed E-state index contributed by atoms with van der Waals surface area (Å²) < 4.78 is 10.7. The van der Waals surface area contributed by atoms with E-state index in [2.05, 4.69) is 10.2 Å². The third-order valence-corrected chi connectivity index (χ3v) is 5.85. The summed E-state index contributed by atoms with van der Waals surface area (Å²) in [6, 6.07) is 11.8. The van der Waals surface area contributed by atoms with Crippen molar-refractivity contribution < 1.29 is 19.1 Å². The molecule has 6 heteroatoms. The Kier molecular flexibility index (Phi) is 4.93. The molecule has 1 aromatic heterocycles. The fraction of sp³-hybridized carbons (Fsp3) is 0.476. The molecule has 3 heterocycles. The lowest BCUT2D eigenvalue weighted by Gasteiger charge is -2.42. The maximum absolute atomic E-state index is 12.5. The van der Waals surface area contributed by atoms with Crippen molar-refractivity contribution in [3.63, 3.8) is 0 Å². The minimum Gasteiger partial charge on any atom is -0.497 e. The van der Waals surface area contributed by atoms with Gasteiger partial charge >= 0.3 is 0 Å². The number of furan rings is 1. The summed E-state index contributed by atoms with van der Waals surface area (Å²) in [6.45, 7) is 0.850. The van der Waals surface area contributed by atoms with Crippen LogP contribution in [0.5, 0.6) is 5.75 Å². The Hall–Kier alpha value is -2.31. The first kappa shape index (κ1) is 18.1. The van der Waals surface area contributed by atoms with Crippen LogP contribution in [-0.4, -0.2) is 41.7 Å². The number of nitrogens with one attached hydrogen (secondary N) is 1. The monoisotopic (exact) mass is 370 g/mol. The van der Waals surface area contributed by atoms with Gasteiger partial charge in [-0.2, -0.15) is 0 Å². The quantitative estimate of drug-likeness (QED) is 0.817. The van der Waals surface area contributed by atoms with Crippen molar-refractivity contribution in [2.75, 3.05) is 13.7 Å². The number of hydrogen-bond donors (Lipinski definition) is 2. The van der Waals surface area contributed by atoms with E-state index >= 15 is 0 Å². The molecule has 2 aromatic rings. The molecule has 2 atom stereocenters. The third kappa shape index (κ3) is 3.73. The van der Waals surface area contributed by atoms with Gasteiger partial charge < -0.3 is 19.6 Å². The van der Waals surface area contributed by atoms with Crippen LogP contribution in [0.25, 0.3) is 0 Å². The molecule has 2 aliphatic heterocycles. The Bertz CT molecular complexity index is 775. The molecule has 2 aliphatic rings. The van der Waals surface area contributed by atoms with E-state index in [1.807, 2.05) is 36.4 Å². The smallest absolute Gasteiger partial charge is 0.234 e. The first-order valence-corrected chi connectivity index (χ1v) is 9.49. The number of rotatable bonds is 6. The second kappa shape index (κ2) is 7.37. The Morgan fingerprint density at radius 1 is 1.30 bits per heavy atom. The summed E-state index contributed by atoms with van der Waals surface area (Å²) in [7, 11) is 1.63. The lowest BCUT2D eigenvalue weighted by molar-refractivity contribution is -0.126. The molecule has 4 rings (SSSR count). The van der Waals surface area contributed by atoms with E-state index in [0.717, 1.165) is 24.2 Å². The number of methoxy groups -OCH3 is 1. The van der Waals surface area contributed by atoms with Gasteiger partial charge in [-0.3, -0.25) is 9.69 Å². The molecule has 2 fully saturated rings. The number of aliphatic hydroxyl groups is 1. The molecule has 1 aromatic carbocycles. The van der Waals surface area contributed by atoms with Crippen molar-refractivity contribution in [1.82, 2.24) is 10.2 Å². The van der Waals surface area contributed by atoms with Crippen LogP contribution in [0.2, 0.25) is 0 Å². The molecule has 2 saturated heterocycles. The predicted octanol–water partition coefficient (Wildman–Crippen LogP) is 2.42. The van der Waals surface area contributed by atoms with Crippen molar-refractivity contribution in [2.45, 2.75) is 49.9 Å². The normalized spacial score (nSPS) is 27.5. The fourth-order valence-corrected chi connectivity index (χ4v) is 4.52. The zero-order chi connectivity index (χ0) is 18.9. The van der Waals surface area contributed by atoms with E-state index in [4.69, 9.17) is 9.15 Å². The number of carbonyl (C=O) groups excluding carboxylic acids is 1. The van der Waals surface area contributed by atoms with Gasteiger partial charge in [-0.1, -0.05) is 12.1 Å². The van der Waals surface area contributed by atoms with Crippen LogP contribution in [0.15, 0.2) is 47.1 Å². The summed E-state index contributed by atoms with van der Waals surface area (Å²) in [5.41, 5.74) is 0.0969. The number of ether oxygens (including phenoxy) is 1. The summed E-state index contributed by atoms with van der Waals surface area (Å²) in [5.74, 6) is 1.44. The molecule has 0 aliphatic carbocycles. The maximum atomic E-state index is 12.5. The summed E-state index contributed by atoms with van der Waals surface area (Å²) in [6.07, 6.45) is 4.85. The number of benzene rings is 1. The molecule has 0 radical (unpaired) electrons. The molecule has 0 saturated carbocycles. The zero-order valence-electron chi connectivity index (χ0n) is 15.6. The molecule has 144 valence electrons. The van der Waals surface area contributed by atoms with Gasteiger partial charge in [0.1, 0.15) is 17.1 Å². The van der Waals surface area contributed by atoms with Crippen LogP contribution in [-0.2, 0) is 16.9 Å². The van der Waals surface area contributed by atoms with Crippen LogP contribution < -0.4 is 10.1 Å². The minimum atomic E-state index is -0.914. The summed E-state index contributed by atoms with van der Waals surface area (Å²) >= 11 is 0. The minimum absolute atomic E-state index is 0.0122.